The highest BCUT2D eigenvalue weighted by atomic mass is 35.5. The van der Waals surface area contributed by atoms with Crippen LogP contribution in [0.3, 0.4) is 0 Å². The first kappa shape index (κ1) is 24.2. The van der Waals surface area contributed by atoms with Crippen LogP contribution < -0.4 is 14.4 Å². The average Bonchev–Trinajstić information content (AvgIpc) is 3.57. The standard InChI is InChI=1S/C28H30ClN4O3S/c29-23-18-25-24(35-19-36-25)17-20(23)8-9-27(34)33-11-4-3-5-21(33)10-12-31-13-15-32(16-14-31)28-22-6-1-2-7-26(22)37-30-28/h1-2,6-9,13,17-18,21H,3-5,10-12,14-16,19H2/q+1. The molecule has 1 atom stereocenters. The van der Waals surface area contributed by atoms with E-state index in [1.165, 1.54) is 16.5 Å². The van der Waals surface area contributed by atoms with Gasteiger partial charge in [0, 0.05) is 36.5 Å². The first-order chi connectivity index (χ1) is 18.2. The Morgan fingerprint density at radius 3 is 2.92 bits per heavy atom. The van der Waals surface area contributed by atoms with Crippen molar-refractivity contribution in [2.45, 2.75) is 31.7 Å². The monoisotopic (exact) mass is 537 g/mol. The molecule has 3 aliphatic rings. The quantitative estimate of drug-likeness (QED) is 0.325. The molecule has 0 aliphatic carbocycles. The number of ether oxygens (including phenoxy) is 2. The number of carbonyl (C=O) groups is 1. The fourth-order valence-corrected chi connectivity index (χ4v) is 6.38. The Hall–Kier alpha value is -3.10. The molecule has 6 rings (SSSR count). The number of rotatable bonds is 6. The molecule has 3 aromatic rings. The molecule has 3 aliphatic heterocycles. The summed E-state index contributed by atoms with van der Waals surface area (Å²) < 4.78 is 19.2. The fraction of sp³-hybridized carbons (Fsp3) is 0.393. The number of hydrogen-bond acceptors (Lipinski definition) is 6. The average molecular weight is 538 g/mol. The van der Waals surface area contributed by atoms with E-state index in [4.69, 9.17) is 25.4 Å². The number of nitrogens with zero attached hydrogens (tertiary/aromatic N) is 4. The second-order valence-electron chi connectivity index (χ2n) is 9.70. The first-order valence-electron chi connectivity index (χ1n) is 12.9. The largest absolute Gasteiger partial charge is 0.454 e. The Balaban J connectivity index is 1.07. The maximum atomic E-state index is 13.2. The lowest BCUT2D eigenvalue weighted by Crippen LogP contribution is -2.45. The number of benzene rings is 2. The predicted octanol–water partition coefficient (Wildman–Crippen LogP) is 5.07. The molecular weight excluding hydrogens is 508 g/mol. The van der Waals surface area contributed by atoms with Gasteiger partial charge in [0.2, 0.25) is 12.7 Å². The van der Waals surface area contributed by atoms with Crippen molar-refractivity contribution < 1.29 is 18.8 Å². The highest BCUT2D eigenvalue weighted by Gasteiger charge is 2.28. The summed E-state index contributed by atoms with van der Waals surface area (Å²) in [7, 11) is 0. The number of aromatic nitrogens is 1. The van der Waals surface area contributed by atoms with Crippen molar-refractivity contribution in [2.24, 2.45) is 0 Å². The van der Waals surface area contributed by atoms with Crippen molar-refractivity contribution in [1.82, 2.24) is 9.27 Å². The van der Waals surface area contributed by atoms with Crippen LogP contribution in [0.2, 0.25) is 5.02 Å². The summed E-state index contributed by atoms with van der Waals surface area (Å²) in [5.41, 5.74) is 0.758. The van der Waals surface area contributed by atoms with Crippen LogP contribution in [0.4, 0.5) is 5.82 Å². The number of likely N-dealkylation sites (tertiary alicyclic amines) is 1. The Morgan fingerprint density at radius 2 is 2.05 bits per heavy atom. The van der Waals surface area contributed by atoms with Gasteiger partial charge in [-0.15, -0.1) is 0 Å². The summed E-state index contributed by atoms with van der Waals surface area (Å²) in [5.74, 6) is 2.44. The zero-order valence-electron chi connectivity index (χ0n) is 20.6. The maximum Gasteiger partial charge on any atom is 0.246 e. The third kappa shape index (κ3) is 5.18. The van der Waals surface area contributed by atoms with Crippen LogP contribution in [0.25, 0.3) is 16.2 Å². The van der Waals surface area contributed by atoms with E-state index in [0.717, 1.165) is 63.4 Å². The minimum Gasteiger partial charge on any atom is -0.454 e. The molecule has 0 N–H and O–H groups in total. The Labute approximate surface area is 225 Å². The molecule has 1 aromatic heterocycles. The second-order valence-corrected chi connectivity index (χ2v) is 10.9. The van der Waals surface area contributed by atoms with E-state index < -0.39 is 0 Å². The van der Waals surface area contributed by atoms with Crippen molar-refractivity contribution >= 4 is 57.2 Å². The number of carbonyl (C=O) groups excluding carboxylic acids is 1. The minimum atomic E-state index is 0.0441. The number of anilines is 1. The number of amides is 1. The zero-order chi connectivity index (χ0) is 25.2. The lowest BCUT2D eigenvalue weighted by Gasteiger charge is -2.35. The number of hydrogen-bond donors (Lipinski definition) is 0. The van der Waals surface area contributed by atoms with Gasteiger partial charge in [0.15, 0.2) is 30.1 Å². The minimum absolute atomic E-state index is 0.0441. The summed E-state index contributed by atoms with van der Waals surface area (Å²) in [5, 5.41) is 1.78. The van der Waals surface area contributed by atoms with Crippen molar-refractivity contribution in [3.05, 3.63) is 53.1 Å². The van der Waals surface area contributed by atoms with Crippen molar-refractivity contribution in [3.63, 3.8) is 0 Å². The molecule has 37 heavy (non-hydrogen) atoms. The van der Waals surface area contributed by atoms with Gasteiger partial charge in [0.1, 0.15) is 6.54 Å². The third-order valence-electron chi connectivity index (χ3n) is 7.43. The van der Waals surface area contributed by atoms with Crippen LogP contribution in [0.1, 0.15) is 31.2 Å². The van der Waals surface area contributed by atoms with Crippen LogP contribution in [-0.4, -0.2) is 71.5 Å². The number of halogens is 1. The maximum absolute atomic E-state index is 13.2. The third-order valence-corrected chi connectivity index (χ3v) is 8.58. The number of piperidine rings is 1. The molecule has 0 radical (unpaired) electrons. The van der Waals surface area contributed by atoms with Crippen molar-refractivity contribution in [2.75, 3.05) is 44.4 Å². The topological polar surface area (TPSA) is 57.9 Å². The normalized spacial score (nSPS) is 19.6. The molecule has 4 heterocycles. The van der Waals surface area contributed by atoms with Gasteiger partial charge >= 0.3 is 0 Å². The molecule has 0 saturated carbocycles. The lowest BCUT2D eigenvalue weighted by atomic mass is 9.99. The van der Waals surface area contributed by atoms with Gasteiger partial charge in [0.25, 0.3) is 0 Å². The summed E-state index contributed by atoms with van der Waals surface area (Å²) in [6, 6.07) is 12.3. The second kappa shape index (κ2) is 10.7. The fourth-order valence-electron chi connectivity index (χ4n) is 5.36. The van der Waals surface area contributed by atoms with Gasteiger partial charge in [-0.3, -0.25) is 4.79 Å². The molecule has 192 valence electrons. The van der Waals surface area contributed by atoms with Gasteiger partial charge in [-0.05, 0) is 60.6 Å². The summed E-state index contributed by atoms with van der Waals surface area (Å²) in [4.78, 5) is 17.6. The van der Waals surface area contributed by atoms with Gasteiger partial charge in [0.05, 0.1) is 22.8 Å². The van der Waals surface area contributed by atoms with Gasteiger partial charge < -0.3 is 19.3 Å². The van der Waals surface area contributed by atoms with E-state index in [1.54, 1.807) is 29.8 Å². The zero-order valence-corrected chi connectivity index (χ0v) is 22.2. The molecule has 1 saturated heterocycles. The van der Waals surface area contributed by atoms with E-state index in [2.05, 4.69) is 40.0 Å². The van der Waals surface area contributed by atoms with Crippen molar-refractivity contribution in [3.8, 4) is 11.5 Å². The van der Waals surface area contributed by atoms with E-state index in [9.17, 15) is 4.79 Å². The van der Waals surface area contributed by atoms with Gasteiger partial charge in [-0.1, -0.05) is 23.7 Å². The van der Waals surface area contributed by atoms with E-state index in [0.29, 0.717) is 16.5 Å². The van der Waals surface area contributed by atoms with Crippen LogP contribution in [0.5, 0.6) is 11.5 Å². The Kier molecular flexibility index (Phi) is 7.02. The molecule has 9 heteroatoms. The summed E-state index contributed by atoms with van der Waals surface area (Å²) in [6.45, 7) is 4.74. The lowest BCUT2D eigenvalue weighted by molar-refractivity contribution is -0.525. The summed E-state index contributed by atoms with van der Waals surface area (Å²) >= 11 is 7.95. The van der Waals surface area contributed by atoms with E-state index in [1.807, 2.05) is 11.0 Å². The highest BCUT2D eigenvalue weighted by Crippen LogP contribution is 2.37. The smallest absolute Gasteiger partial charge is 0.246 e. The highest BCUT2D eigenvalue weighted by molar-refractivity contribution is 7.13. The van der Waals surface area contributed by atoms with Crippen molar-refractivity contribution in [1.29, 1.82) is 0 Å². The van der Waals surface area contributed by atoms with Crippen LogP contribution >= 0.6 is 23.1 Å². The summed E-state index contributed by atoms with van der Waals surface area (Å²) in [6.07, 6.45) is 9.95. The number of fused-ring (bicyclic) bond motifs is 2. The van der Waals surface area contributed by atoms with Gasteiger partial charge in [-0.25, -0.2) is 4.58 Å². The predicted molar refractivity (Wildman–Crippen MR) is 148 cm³/mol. The molecule has 2 aromatic carbocycles. The molecule has 7 nitrogen and oxygen atoms in total. The molecule has 0 bridgehead atoms. The van der Waals surface area contributed by atoms with E-state index >= 15 is 0 Å². The van der Waals surface area contributed by atoms with E-state index in [-0.39, 0.29) is 18.7 Å². The molecule has 1 fully saturated rings. The molecular formula is C28H30ClN4O3S+. The van der Waals surface area contributed by atoms with Crippen LogP contribution in [-0.2, 0) is 4.79 Å². The van der Waals surface area contributed by atoms with Crippen LogP contribution in [0.15, 0.2) is 42.5 Å². The first-order valence-corrected chi connectivity index (χ1v) is 14.1. The SMILES string of the molecule is O=C(C=Cc1cc2c(cc1Cl)OCO2)N1CCCCC1CC[N+]1=CCN(c2nsc3ccccc23)CC1. The molecule has 0 spiro atoms. The Morgan fingerprint density at radius 1 is 1.19 bits per heavy atom. The molecule has 1 amide bonds. The Bertz CT molecular complexity index is 1370. The van der Waals surface area contributed by atoms with Crippen LogP contribution in [0, 0.1) is 0 Å². The molecule has 1 unspecified atom stereocenters. The van der Waals surface area contributed by atoms with Gasteiger partial charge in [-0.2, -0.15) is 4.37 Å².